The molecule has 166 valence electrons. The van der Waals surface area contributed by atoms with Crippen molar-refractivity contribution in [2.75, 3.05) is 19.6 Å². The molecule has 2 saturated heterocycles. The summed E-state index contributed by atoms with van der Waals surface area (Å²) in [7, 11) is 0. The molecular formula is C25H39N3O2. The zero-order chi connectivity index (χ0) is 21.7. The highest BCUT2D eigenvalue weighted by atomic mass is 16.2. The van der Waals surface area contributed by atoms with E-state index >= 15 is 0 Å². The van der Waals surface area contributed by atoms with Crippen LogP contribution in [0.5, 0.6) is 0 Å². The average molecular weight is 414 g/mol. The van der Waals surface area contributed by atoms with Crippen LogP contribution >= 0.6 is 0 Å². The molecule has 5 heteroatoms. The van der Waals surface area contributed by atoms with Gasteiger partial charge in [-0.1, -0.05) is 44.2 Å². The van der Waals surface area contributed by atoms with Gasteiger partial charge in [0, 0.05) is 19.1 Å². The number of hydrogen-bond donors (Lipinski definition) is 1. The van der Waals surface area contributed by atoms with E-state index in [0.717, 1.165) is 45.3 Å². The van der Waals surface area contributed by atoms with Crippen molar-refractivity contribution in [2.24, 2.45) is 5.92 Å². The first-order valence-corrected chi connectivity index (χ1v) is 11.7. The largest absolute Gasteiger partial charge is 0.342 e. The second-order valence-electron chi connectivity index (χ2n) is 9.77. The lowest BCUT2D eigenvalue weighted by molar-refractivity contribution is -0.164. The van der Waals surface area contributed by atoms with Gasteiger partial charge in [0.1, 0.15) is 11.6 Å². The lowest BCUT2D eigenvalue weighted by Gasteiger charge is -2.53. The molecule has 2 aliphatic rings. The Balaban J connectivity index is 1.55. The molecule has 1 atom stereocenters. The number of carbonyl (C=O) groups excluding carboxylic acids is 2. The van der Waals surface area contributed by atoms with Gasteiger partial charge in [0.2, 0.25) is 11.8 Å². The number of hydrogen-bond acceptors (Lipinski definition) is 3. The highest BCUT2D eigenvalue weighted by Gasteiger charge is 2.54. The van der Waals surface area contributed by atoms with Crippen molar-refractivity contribution in [2.45, 2.75) is 83.8 Å². The van der Waals surface area contributed by atoms with Crippen molar-refractivity contribution >= 4 is 11.8 Å². The third kappa shape index (κ3) is 5.05. The number of unbranched alkanes of at least 4 members (excludes halogenated alkanes) is 1. The minimum Gasteiger partial charge on any atom is -0.342 e. The van der Waals surface area contributed by atoms with E-state index in [1.807, 2.05) is 18.7 Å². The molecule has 3 rings (SSSR count). The normalized spacial score (nSPS) is 22.2. The van der Waals surface area contributed by atoms with E-state index in [-0.39, 0.29) is 23.9 Å². The maximum absolute atomic E-state index is 13.2. The van der Waals surface area contributed by atoms with Gasteiger partial charge >= 0.3 is 0 Å². The zero-order valence-electron chi connectivity index (χ0n) is 19.2. The van der Waals surface area contributed by atoms with Gasteiger partial charge in [-0.25, -0.2) is 0 Å². The Morgan fingerprint density at radius 1 is 1.03 bits per heavy atom. The number of nitrogens with zero attached hydrogens (tertiary/aromatic N) is 2. The molecule has 1 N–H and O–H groups in total. The quantitative estimate of drug-likeness (QED) is 0.662. The van der Waals surface area contributed by atoms with Gasteiger partial charge in [-0.05, 0) is 70.4 Å². The van der Waals surface area contributed by atoms with Crippen LogP contribution in [0, 0.1) is 5.92 Å². The van der Waals surface area contributed by atoms with E-state index in [0.29, 0.717) is 12.3 Å². The number of piperidine rings is 1. The second-order valence-corrected chi connectivity index (χ2v) is 9.77. The molecule has 5 nitrogen and oxygen atoms in total. The van der Waals surface area contributed by atoms with Crippen LogP contribution in [0.3, 0.4) is 0 Å². The molecule has 2 fully saturated rings. The summed E-state index contributed by atoms with van der Waals surface area (Å²) in [6.07, 6.45) is 5.63. The van der Waals surface area contributed by atoms with Crippen LogP contribution in [0.2, 0.25) is 0 Å². The predicted molar refractivity (Wildman–Crippen MR) is 121 cm³/mol. The first kappa shape index (κ1) is 22.8. The lowest BCUT2D eigenvalue weighted by Crippen LogP contribution is -2.74. The number of likely N-dealkylation sites (tertiary alicyclic amines) is 1. The number of amides is 2. The smallest absolute Gasteiger partial charge is 0.246 e. The lowest BCUT2D eigenvalue weighted by atomic mass is 9.80. The highest BCUT2D eigenvalue weighted by molar-refractivity contribution is 6.00. The molecule has 2 aliphatic heterocycles. The molecule has 30 heavy (non-hydrogen) atoms. The molecular weight excluding hydrogens is 374 g/mol. The van der Waals surface area contributed by atoms with Gasteiger partial charge in [-0.2, -0.15) is 0 Å². The fourth-order valence-electron chi connectivity index (χ4n) is 5.15. The van der Waals surface area contributed by atoms with Crippen LogP contribution in [0.25, 0.3) is 0 Å². The summed E-state index contributed by atoms with van der Waals surface area (Å²) in [5, 5.41) is 3.08. The number of aryl methyl sites for hydroxylation is 1. The summed E-state index contributed by atoms with van der Waals surface area (Å²) in [5.74, 6) is 0.542. The maximum atomic E-state index is 13.2. The summed E-state index contributed by atoms with van der Waals surface area (Å²) in [5.41, 5.74) is 0.732. The number of carbonyl (C=O) groups is 2. The fraction of sp³-hybridized carbons (Fsp3) is 0.680. The first-order chi connectivity index (χ1) is 14.3. The van der Waals surface area contributed by atoms with Gasteiger partial charge in [0.05, 0.1) is 0 Å². The summed E-state index contributed by atoms with van der Waals surface area (Å²) in [6, 6.07) is 10.3. The number of nitrogens with one attached hydrogen (secondary N) is 1. The molecule has 0 aliphatic carbocycles. The SMILES string of the molecule is CC(C)C[C@@H]1NC(=O)C2(CCN(CCCCc3ccccc3)CC2)N(C(C)C)C1=O. The second kappa shape index (κ2) is 9.95. The van der Waals surface area contributed by atoms with Crippen molar-refractivity contribution in [1.82, 2.24) is 15.1 Å². The monoisotopic (exact) mass is 413 g/mol. The van der Waals surface area contributed by atoms with Crippen molar-refractivity contribution in [3.8, 4) is 0 Å². The first-order valence-electron chi connectivity index (χ1n) is 11.7. The Bertz CT molecular complexity index is 708. The standard InChI is InChI=1S/C25H39N3O2/c1-19(2)18-22-23(29)28(20(3)4)25(24(30)26-22)13-16-27(17-14-25)15-9-8-12-21-10-6-5-7-11-21/h5-7,10-11,19-20,22H,8-9,12-18H2,1-4H3,(H,26,30)/t22-/m0/s1. The zero-order valence-corrected chi connectivity index (χ0v) is 19.2. The molecule has 1 aromatic carbocycles. The van der Waals surface area contributed by atoms with Crippen molar-refractivity contribution in [3.63, 3.8) is 0 Å². The predicted octanol–water partition coefficient (Wildman–Crippen LogP) is 3.63. The maximum Gasteiger partial charge on any atom is 0.246 e. The van der Waals surface area contributed by atoms with Crippen LogP contribution in [-0.2, 0) is 16.0 Å². The molecule has 1 spiro atoms. The number of benzene rings is 1. The van der Waals surface area contributed by atoms with Gasteiger partial charge in [0.15, 0.2) is 0 Å². The summed E-state index contributed by atoms with van der Waals surface area (Å²) in [6.45, 7) is 11.1. The Morgan fingerprint density at radius 3 is 2.30 bits per heavy atom. The van der Waals surface area contributed by atoms with Gasteiger partial charge in [0.25, 0.3) is 0 Å². The molecule has 0 unspecified atom stereocenters. The third-order valence-corrected chi connectivity index (χ3v) is 6.66. The molecule has 0 aromatic heterocycles. The molecule has 2 amide bonds. The van der Waals surface area contributed by atoms with Gasteiger partial charge in [-0.3, -0.25) is 9.59 Å². The molecule has 0 radical (unpaired) electrons. The fourth-order valence-corrected chi connectivity index (χ4v) is 5.15. The Labute approximate surface area is 182 Å². The van der Waals surface area contributed by atoms with Crippen molar-refractivity contribution in [1.29, 1.82) is 0 Å². The average Bonchev–Trinajstić information content (AvgIpc) is 2.71. The molecule has 0 saturated carbocycles. The third-order valence-electron chi connectivity index (χ3n) is 6.66. The Kier molecular flexibility index (Phi) is 7.56. The summed E-state index contributed by atoms with van der Waals surface area (Å²) >= 11 is 0. The minimum atomic E-state index is -0.667. The Morgan fingerprint density at radius 2 is 1.70 bits per heavy atom. The molecule has 2 heterocycles. The van der Waals surface area contributed by atoms with E-state index in [9.17, 15) is 9.59 Å². The number of rotatable bonds is 8. The minimum absolute atomic E-state index is 0.0376. The van der Waals surface area contributed by atoms with Crippen LogP contribution in [-0.4, -0.2) is 58.9 Å². The van der Waals surface area contributed by atoms with E-state index in [1.54, 1.807) is 0 Å². The Hall–Kier alpha value is -1.88. The van der Waals surface area contributed by atoms with Crippen LogP contribution in [0.1, 0.15) is 65.4 Å². The molecule has 1 aromatic rings. The van der Waals surface area contributed by atoms with E-state index < -0.39 is 5.54 Å². The van der Waals surface area contributed by atoms with E-state index in [2.05, 4.69) is 54.4 Å². The van der Waals surface area contributed by atoms with Crippen molar-refractivity contribution < 1.29 is 9.59 Å². The molecule has 0 bridgehead atoms. The summed E-state index contributed by atoms with van der Waals surface area (Å²) < 4.78 is 0. The van der Waals surface area contributed by atoms with Gasteiger partial charge < -0.3 is 15.1 Å². The van der Waals surface area contributed by atoms with Crippen LogP contribution in [0.4, 0.5) is 0 Å². The van der Waals surface area contributed by atoms with E-state index in [1.165, 1.54) is 12.0 Å². The number of piperazine rings is 1. The van der Waals surface area contributed by atoms with Gasteiger partial charge in [-0.15, -0.1) is 0 Å². The van der Waals surface area contributed by atoms with E-state index in [4.69, 9.17) is 0 Å². The highest BCUT2D eigenvalue weighted by Crippen LogP contribution is 2.35. The van der Waals surface area contributed by atoms with Crippen molar-refractivity contribution in [3.05, 3.63) is 35.9 Å². The van der Waals surface area contributed by atoms with Crippen LogP contribution in [0.15, 0.2) is 30.3 Å². The summed E-state index contributed by atoms with van der Waals surface area (Å²) in [4.78, 5) is 30.9. The topological polar surface area (TPSA) is 52.7 Å². The van der Waals surface area contributed by atoms with Crippen LogP contribution < -0.4 is 5.32 Å².